The average Bonchev–Trinajstić information content (AvgIpc) is 2.84. The van der Waals surface area contributed by atoms with Gasteiger partial charge in [0.2, 0.25) is 5.79 Å². The van der Waals surface area contributed by atoms with E-state index in [9.17, 15) is 5.11 Å². The van der Waals surface area contributed by atoms with Crippen molar-refractivity contribution in [3.63, 3.8) is 0 Å². The molecule has 1 heterocycles. The number of ether oxygens (including phenoxy) is 4. The summed E-state index contributed by atoms with van der Waals surface area (Å²) in [5.41, 5.74) is 1.82. The molecule has 2 aliphatic rings. The average molecular weight is 292 g/mol. The molecule has 1 aliphatic heterocycles. The van der Waals surface area contributed by atoms with E-state index < -0.39 is 11.9 Å². The summed E-state index contributed by atoms with van der Waals surface area (Å²) in [7, 11) is 3.23. The van der Waals surface area contributed by atoms with Gasteiger partial charge in [-0.15, -0.1) is 0 Å². The van der Waals surface area contributed by atoms with E-state index in [4.69, 9.17) is 18.9 Å². The number of aliphatic hydroxyl groups is 1. The molecule has 1 spiro atoms. The third-order valence-corrected chi connectivity index (χ3v) is 3.91. The Morgan fingerprint density at radius 1 is 1.10 bits per heavy atom. The molecule has 0 unspecified atom stereocenters. The molecule has 3 atom stereocenters. The largest absolute Gasteiger partial charge is 0.383 e. The van der Waals surface area contributed by atoms with Gasteiger partial charge in [-0.3, -0.25) is 0 Å². The second-order valence-corrected chi connectivity index (χ2v) is 5.28. The minimum absolute atomic E-state index is 0.288. The summed E-state index contributed by atoms with van der Waals surface area (Å²) in [5, 5.41) is 10.5. The first-order valence-corrected chi connectivity index (χ1v) is 7.00. The molecule has 5 heteroatoms. The lowest BCUT2D eigenvalue weighted by Crippen LogP contribution is -2.42. The van der Waals surface area contributed by atoms with Gasteiger partial charge in [0.1, 0.15) is 18.3 Å². The van der Waals surface area contributed by atoms with Crippen LogP contribution in [0, 0.1) is 0 Å². The lowest BCUT2D eigenvalue weighted by Gasteiger charge is -2.35. The molecule has 1 saturated heterocycles. The van der Waals surface area contributed by atoms with Gasteiger partial charge in [0.15, 0.2) is 0 Å². The Morgan fingerprint density at radius 2 is 1.71 bits per heavy atom. The third-order valence-electron chi connectivity index (χ3n) is 3.91. The molecule has 3 rings (SSSR count). The molecular formula is C16H20O5. The highest BCUT2D eigenvalue weighted by molar-refractivity contribution is 5.59. The molecule has 0 saturated carbocycles. The van der Waals surface area contributed by atoms with Crippen LogP contribution in [0.1, 0.15) is 11.1 Å². The zero-order chi connectivity index (χ0) is 14.9. The predicted octanol–water partition coefficient (Wildman–Crippen LogP) is 1.30. The van der Waals surface area contributed by atoms with Gasteiger partial charge < -0.3 is 24.1 Å². The van der Waals surface area contributed by atoms with Gasteiger partial charge in [0.05, 0.1) is 13.2 Å². The van der Waals surface area contributed by atoms with E-state index in [0.29, 0.717) is 13.2 Å². The van der Waals surface area contributed by atoms with Crippen LogP contribution in [0.15, 0.2) is 30.3 Å². The van der Waals surface area contributed by atoms with Crippen molar-refractivity contribution in [1.82, 2.24) is 0 Å². The van der Waals surface area contributed by atoms with Crippen LogP contribution in [-0.2, 0) is 24.7 Å². The Labute approximate surface area is 124 Å². The van der Waals surface area contributed by atoms with Crippen molar-refractivity contribution in [2.24, 2.45) is 0 Å². The van der Waals surface area contributed by atoms with E-state index in [1.165, 1.54) is 0 Å². The van der Waals surface area contributed by atoms with Crippen LogP contribution in [0.5, 0.6) is 0 Å². The van der Waals surface area contributed by atoms with Crippen LogP contribution >= 0.6 is 0 Å². The fourth-order valence-electron chi connectivity index (χ4n) is 2.95. The third kappa shape index (κ3) is 2.41. The van der Waals surface area contributed by atoms with Crippen molar-refractivity contribution >= 4 is 6.08 Å². The lowest BCUT2D eigenvalue weighted by molar-refractivity contribution is -0.235. The van der Waals surface area contributed by atoms with Gasteiger partial charge >= 0.3 is 0 Å². The minimum atomic E-state index is -1.18. The summed E-state index contributed by atoms with van der Waals surface area (Å²) in [6.45, 7) is 0.767. The first kappa shape index (κ1) is 14.7. The normalized spacial score (nSPS) is 29.8. The van der Waals surface area contributed by atoms with Gasteiger partial charge in [-0.25, -0.2) is 0 Å². The monoisotopic (exact) mass is 292 g/mol. The molecule has 0 bridgehead atoms. The van der Waals surface area contributed by atoms with Gasteiger partial charge in [0.25, 0.3) is 0 Å². The van der Waals surface area contributed by atoms with E-state index in [1.807, 2.05) is 30.3 Å². The molecule has 5 nitrogen and oxygen atoms in total. The topological polar surface area (TPSA) is 57.2 Å². The minimum Gasteiger partial charge on any atom is -0.383 e. The quantitative estimate of drug-likeness (QED) is 0.906. The van der Waals surface area contributed by atoms with Crippen molar-refractivity contribution in [2.75, 3.05) is 27.4 Å². The van der Waals surface area contributed by atoms with Crippen molar-refractivity contribution in [1.29, 1.82) is 0 Å². The SMILES string of the molecule is COC[C@@H]1OC2(O[C@H]1COC)c1ccccc1C=C[C@H]2O. The van der Waals surface area contributed by atoms with Crippen LogP contribution in [-0.4, -0.2) is 50.9 Å². The fourth-order valence-corrected chi connectivity index (χ4v) is 2.95. The molecule has 114 valence electrons. The summed E-state index contributed by atoms with van der Waals surface area (Å²) in [6, 6.07) is 7.75. The van der Waals surface area contributed by atoms with E-state index in [1.54, 1.807) is 20.3 Å². The van der Waals surface area contributed by atoms with E-state index in [0.717, 1.165) is 11.1 Å². The molecular weight excluding hydrogens is 272 g/mol. The summed E-state index contributed by atoms with van der Waals surface area (Å²) in [6.07, 6.45) is 2.14. The number of fused-ring (bicyclic) bond motifs is 2. The number of benzene rings is 1. The van der Waals surface area contributed by atoms with Crippen molar-refractivity contribution in [2.45, 2.75) is 24.1 Å². The lowest BCUT2D eigenvalue weighted by atomic mass is 9.89. The zero-order valence-electron chi connectivity index (χ0n) is 12.2. The highest BCUT2D eigenvalue weighted by Crippen LogP contribution is 2.45. The van der Waals surface area contributed by atoms with Crippen LogP contribution < -0.4 is 0 Å². The van der Waals surface area contributed by atoms with Crippen molar-refractivity contribution < 1.29 is 24.1 Å². The van der Waals surface area contributed by atoms with Gasteiger partial charge in [-0.1, -0.05) is 30.3 Å². The second-order valence-electron chi connectivity index (χ2n) is 5.28. The summed E-state index contributed by atoms with van der Waals surface area (Å²) in [4.78, 5) is 0. The number of aliphatic hydroxyl groups excluding tert-OH is 1. The van der Waals surface area contributed by atoms with Crippen LogP contribution in [0.2, 0.25) is 0 Å². The van der Waals surface area contributed by atoms with E-state index in [-0.39, 0.29) is 12.2 Å². The van der Waals surface area contributed by atoms with Gasteiger partial charge in [0, 0.05) is 19.8 Å². The van der Waals surface area contributed by atoms with Gasteiger partial charge in [-0.2, -0.15) is 0 Å². The molecule has 1 fully saturated rings. The van der Waals surface area contributed by atoms with E-state index in [2.05, 4.69) is 0 Å². The Hall–Kier alpha value is -1.24. The number of rotatable bonds is 4. The number of hydrogen-bond acceptors (Lipinski definition) is 5. The molecule has 1 aromatic rings. The van der Waals surface area contributed by atoms with E-state index >= 15 is 0 Å². The molecule has 0 amide bonds. The Morgan fingerprint density at radius 3 is 2.33 bits per heavy atom. The Bertz CT molecular complexity index is 513. The molecule has 21 heavy (non-hydrogen) atoms. The van der Waals surface area contributed by atoms with Crippen LogP contribution in [0.4, 0.5) is 0 Å². The summed E-state index contributed by atoms with van der Waals surface area (Å²) in [5.74, 6) is -1.18. The maximum atomic E-state index is 10.5. The standard InChI is InChI=1S/C16H20O5/c1-18-9-13-14(10-19-2)21-16(20-13)12-6-4-3-5-11(12)7-8-15(16)17/h3-8,13-15,17H,9-10H2,1-2H3/t13-,14-,15+/m0/s1. The number of methoxy groups -OCH3 is 2. The maximum absolute atomic E-state index is 10.5. The summed E-state index contributed by atoms with van der Waals surface area (Å²) < 4.78 is 22.6. The Kier molecular flexibility index (Phi) is 4.10. The highest BCUT2D eigenvalue weighted by atomic mass is 16.8. The summed E-state index contributed by atoms with van der Waals surface area (Å²) >= 11 is 0. The Balaban J connectivity index is 1.98. The van der Waals surface area contributed by atoms with Crippen LogP contribution in [0.25, 0.3) is 6.08 Å². The smallest absolute Gasteiger partial charge is 0.227 e. The number of hydrogen-bond donors (Lipinski definition) is 1. The second kappa shape index (κ2) is 5.87. The van der Waals surface area contributed by atoms with Gasteiger partial charge in [-0.05, 0) is 11.6 Å². The fraction of sp³-hybridized carbons (Fsp3) is 0.500. The first-order chi connectivity index (χ1) is 10.2. The molecule has 1 aliphatic carbocycles. The zero-order valence-corrected chi connectivity index (χ0v) is 12.2. The van der Waals surface area contributed by atoms with Crippen molar-refractivity contribution in [3.8, 4) is 0 Å². The molecule has 1 N–H and O–H groups in total. The van der Waals surface area contributed by atoms with Crippen LogP contribution in [0.3, 0.4) is 0 Å². The predicted molar refractivity (Wildman–Crippen MR) is 76.7 cm³/mol. The molecule has 1 aromatic carbocycles. The molecule has 0 aromatic heterocycles. The highest BCUT2D eigenvalue weighted by Gasteiger charge is 2.54. The first-order valence-electron chi connectivity index (χ1n) is 7.00. The molecule has 0 radical (unpaired) electrons. The van der Waals surface area contributed by atoms with Crippen molar-refractivity contribution in [3.05, 3.63) is 41.5 Å². The maximum Gasteiger partial charge on any atom is 0.227 e.